The van der Waals surface area contributed by atoms with Crippen LogP contribution in [0.25, 0.3) is 4.96 Å². The Hall–Kier alpha value is -1.67. The highest BCUT2D eigenvalue weighted by Gasteiger charge is 2.42. The van der Waals surface area contributed by atoms with Gasteiger partial charge in [-0.3, -0.25) is 0 Å². The Bertz CT molecular complexity index is 651. The van der Waals surface area contributed by atoms with Crippen LogP contribution in [0.15, 0.2) is 11.6 Å². The summed E-state index contributed by atoms with van der Waals surface area (Å²) in [7, 11) is 0. The molecule has 2 bridgehead atoms. The van der Waals surface area contributed by atoms with E-state index in [2.05, 4.69) is 10.3 Å². The quantitative estimate of drug-likeness (QED) is 0.687. The Morgan fingerprint density at radius 1 is 1.58 bits per heavy atom. The predicted octanol–water partition coefficient (Wildman–Crippen LogP) is 2.04. The predicted molar refractivity (Wildman–Crippen MR) is 69.6 cm³/mol. The fourth-order valence-corrected chi connectivity index (χ4v) is 3.72. The lowest BCUT2D eigenvalue weighted by atomic mass is 9.95. The minimum atomic E-state index is -0.386. The van der Waals surface area contributed by atoms with Gasteiger partial charge in [0, 0.05) is 5.38 Å². The Balaban J connectivity index is 1.69. The second kappa shape index (κ2) is 3.91. The normalized spacial score (nSPS) is 29.2. The number of nitrogens with zero attached hydrogens (tertiary/aromatic N) is 3. The summed E-state index contributed by atoms with van der Waals surface area (Å²) in [5.41, 5.74) is 0. The molecular weight excluding hydrogens is 268 g/mol. The molecule has 3 atom stereocenters. The van der Waals surface area contributed by atoms with E-state index in [1.165, 1.54) is 15.7 Å². The molecule has 2 fully saturated rings. The summed E-state index contributed by atoms with van der Waals surface area (Å²) >= 11 is 1.39. The molecule has 4 rings (SSSR count). The molecule has 2 aliphatic heterocycles. The minimum absolute atomic E-state index is 0.0130. The molecular formula is C11H12N4O3S. The van der Waals surface area contributed by atoms with Gasteiger partial charge in [-0.1, -0.05) is 11.3 Å². The Labute approximate surface area is 112 Å². The average Bonchev–Trinajstić information content (AvgIpc) is 3.05. The summed E-state index contributed by atoms with van der Waals surface area (Å²) in [4.78, 5) is 15.8. The third-order valence-electron chi connectivity index (χ3n) is 3.84. The van der Waals surface area contributed by atoms with Crippen LogP contribution in [-0.2, 0) is 4.74 Å². The van der Waals surface area contributed by atoms with Crippen LogP contribution in [0.5, 0.6) is 0 Å². The van der Waals surface area contributed by atoms with Crippen LogP contribution in [-0.4, -0.2) is 32.6 Å². The monoisotopic (exact) mass is 280 g/mol. The lowest BCUT2D eigenvalue weighted by Crippen LogP contribution is -2.30. The van der Waals surface area contributed by atoms with Gasteiger partial charge in [0.1, 0.15) is 6.20 Å². The van der Waals surface area contributed by atoms with Gasteiger partial charge in [-0.2, -0.15) is 9.38 Å². The first-order chi connectivity index (χ1) is 9.22. The van der Waals surface area contributed by atoms with E-state index >= 15 is 0 Å². The smallest absolute Gasteiger partial charge is 0.372 e. The maximum absolute atomic E-state index is 11.2. The van der Waals surface area contributed by atoms with Crippen molar-refractivity contribution in [3.8, 4) is 0 Å². The Morgan fingerprint density at radius 3 is 3.16 bits per heavy atom. The number of nitro groups is 1. The molecule has 8 heteroatoms. The minimum Gasteiger partial charge on any atom is -0.373 e. The summed E-state index contributed by atoms with van der Waals surface area (Å²) in [5.74, 6) is 0.372. The van der Waals surface area contributed by atoms with E-state index < -0.39 is 0 Å². The third kappa shape index (κ3) is 1.63. The molecule has 2 aromatic heterocycles. The van der Waals surface area contributed by atoms with Gasteiger partial charge in [0.2, 0.25) is 5.82 Å². The number of anilines is 1. The van der Waals surface area contributed by atoms with E-state index in [0.717, 1.165) is 19.3 Å². The van der Waals surface area contributed by atoms with Crippen molar-refractivity contribution in [1.29, 1.82) is 0 Å². The Morgan fingerprint density at radius 2 is 2.47 bits per heavy atom. The van der Waals surface area contributed by atoms with Gasteiger partial charge in [-0.05, 0) is 24.2 Å². The molecule has 0 saturated carbocycles. The van der Waals surface area contributed by atoms with Crippen LogP contribution in [0.4, 0.5) is 11.6 Å². The van der Waals surface area contributed by atoms with Crippen molar-refractivity contribution in [3.63, 3.8) is 0 Å². The highest BCUT2D eigenvalue weighted by molar-refractivity contribution is 7.15. The first kappa shape index (κ1) is 11.2. The molecule has 2 aliphatic rings. The molecule has 0 radical (unpaired) electrons. The molecule has 1 N–H and O–H groups in total. The number of thiazole rings is 1. The van der Waals surface area contributed by atoms with Crippen LogP contribution in [0, 0.1) is 10.1 Å². The molecule has 100 valence electrons. The van der Waals surface area contributed by atoms with Gasteiger partial charge in [0.25, 0.3) is 4.96 Å². The maximum Gasteiger partial charge on any atom is 0.372 e. The summed E-state index contributed by atoms with van der Waals surface area (Å²) < 4.78 is 7.26. The fraction of sp³-hybridized carbons (Fsp3) is 0.545. The number of fused-ring (bicyclic) bond motifs is 3. The number of ether oxygens (including phenoxy) is 1. The van der Waals surface area contributed by atoms with Crippen molar-refractivity contribution < 1.29 is 9.66 Å². The van der Waals surface area contributed by atoms with Gasteiger partial charge in [-0.25, -0.2) is 0 Å². The molecule has 4 heterocycles. The molecule has 3 unspecified atom stereocenters. The Kier molecular flexibility index (Phi) is 2.30. The van der Waals surface area contributed by atoms with Crippen LogP contribution < -0.4 is 5.32 Å². The van der Waals surface area contributed by atoms with Crippen LogP contribution in [0.2, 0.25) is 0 Å². The van der Waals surface area contributed by atoms with E-state index in [-0.39, 0.29) is 22.9 Å². The lowest BCUT2D eigenvalue weighted by molar-refractivity contribution is -0.389. The number of imidazole rings is 1. The third-order valence-corrected chi connectivity index (χ3v) is 4.59. The molecule has 0 amide bonds. The van der Waals surface area contributed by atoms with Crippen molar-refractivity contribution in [2.75, 3.05) is 5.32 Å². The number of nitrogens with one attached hydrogen (secondary N) is 1. The van der Waals surface area contributed by atoms with E-state index in [1.807, 2.05) is 0 Å². The highest BCUT2D eigenvalue weighted by Crippen LogP contribution is 2.37. The summed E-state index contributed by atoms with van der Waals surface area (Å²) in [6.45, 7) is 0. The van der Waals surface area contributed by atoms with E-state index in [9.17, 15) is 10.1 Å². The zero-order valence-corrected chi connectivity index (χ0v) is 10.8. The standard InChI is InChI=1S/C11H12N4O3S/c16-15(17)10-9(13-11-14(10)3-4-19-11)12-7-5-6-1-2-8(7)18-6/h3-4,6-8,12H,1-2,5H2. The van der Waals surface area contributed by atoms with E-state index in [0.29, 0.717) is 16.9 Å². The molecule has 7 nitrogen and oxygen atoms in total. The van der Waals surface area contributed by atoms with Crippen LogP contribution in [0.3, 0.4) is 0 Å². The first-order valence-corrected chi connectivity index (χ1v) is 7.12. The van der Waals surface area contributed by atoms with Crippen LogP contribution >= 0.6 is 11.3 Å². The fourth-order valence-electron chi connectivity index (χ4n) is 3.01. The highest BCUT2D eigenvalue weighted by atomic mass is 32.1. The topological polar surface area (TPSA) is 81.7 Å². The summed E-state index contributed by atoms with van der Waals surface area (Å²) in [6.07, 6.45) is 5.19. The first-order valence-electron chi connectivity index (χ1n) is 6.24. The number of aromatic nitrogens is 2. The van der Waals surface area contributed by atoms with E-state index in [4.69, 9.17) is 4.74 Å². The van der Waals surface area contributed by atoms with Crippen molar-refractivity contribution >= 4 is 27.9 Å². The second-order valence-electron chi connectivity index (χ2n) is 4.96. The SMILES string of the molecule is O=[N+]([O-])c1c(NC2CC3CCC2O3)nc2sccn12. The van der Waals surface area contributed by atoms with E-state index in [1.54, 1.807) is 11.6 Å². The van der Waals surface area contributed by atoms with Crippen molar-refractivity contribution in [1.82, 2.24) is 9.38 Å². The molecule has 0 aliphatic carbocycles. The molecule has 0 aromatic carbocycles. The zero-order chi connectivity index (χ0) is 13.0. The summed E-state index contributed by atoms with van der Waals surface area (Å²) in [6, 6.07) is 0.141. The van der Waals surface area contributed by atoms with Gasteiger partial charge in [-0.15, -0.1) is 0 Å². The molecule has 2 aromatic rings. The molecule has 0 spiro atoms. The number of rotatable bonds is 3. The number of hydrogen-bond donors (Lipinski definition) is 1. The molecule has 2 saturated heterocycles. The maximum atomic E-state index is 11.2. The average molecular weight is 280 g/mol. The van der Waals surface area contributed by atoms with Crippen molar-refractivity contribution in [2.45, 2.75) is 37.5 Å². The van der Waals surface area contributed by atoms with Crippen LogP contribution in [0.1, 0.15) is 19.3 Å². The van der Waals surface area contributed by atoms with Gasteiger partial charge in [0.15, 0.2) is 0 Å². The van der Waals surface area contributed by atoms with Crippen molar-refractivity contribution in [2.24, 2.45) is 0 Å². The summed E-state index contributed by atoms with van der Waals surface area (Å²) in [5, 5.41) is 16.2. The lowest BCUT2D eigenvalue weighted by Gasteiger charge is -2.19. The largest absolute Gasteiger partial charge is 0.373 e. The van der Waals surface area contributed by atoms with Gasteiger partial charge >= 0.3 is 5.82 Å². The number of hydrogen-bond acceptors (Lipinski definition) is 6. The van der Waals surface area contributed by atoms with Gasteiger partial charge < -0.3 is 20.2 Å². The van der Waals surface area contributed by atoms with Gasteiger partial charge in [0.05, 0.1) is 18.2 Å². The van der Waals surface area contributed by atoms with Crippen molar-refractivity contribution in [3.05, 3.63) is 21.7 Å². The zero-order valence-electron chi connectivity index (χ0n) is 9.98. The second-order valence-corrected chi connectivity index (χ2v) is 5.83. The molecule has 19 heavy (non-hydrogen) atoms.